The third-order valence-electron chi connectivity index (χ3n) is 1.69. The van der Waals surface area contributed by atoms with Crippen molar-refractivity contribution in [2.75, 3.05) is 13.7 Å². The van der Waals surface area contributed by atoms with E-state index in [0.717, 1.165) is 0 Å². The number of rotatable bonds is 4. The number of hydrogen-bond acceptors (Lipinski definition) is 5. The summed E-state index contributed by atoms with van der Waals surface area (Å²) >= 11 is 5.73. The molecule has 0 aliphatic heterocycles. The Hall–Kier alpha value is -1.93. The molecule has 0 heterocycles. The van der Waals surface area contributed by atoms with Gasteiger partial charge in [0.15, 0.2) is 11.5 Å². The molecular weight excluding hydrogens is 234 g/mol. The van der Waals surface area contributed by atoms with Gasteiger partial charge in [0.2, 0.25) is 0 Å². The number of hydrogen-bond donors (Lipinski definition) is 0. The fourth-order valence-electron chi connectivity index (χ4n) is 1.08. The van der Waals surface area contributed by atoms with Crippen LogP contribution < -0.4 is 14.6 Å². The number of halogens is 1. The Kier molecular flexibility index (Phi) is 3.97. The lowest BCUT2D eigenvalue weighted by atomic mass is 10.2. The number of carboxylic acid groups (broad SMARTS) is 1. The molecule has 0 spiro atoms. The summed E-state index contributed by atoms with van der Waals surface area (Å²) < 4.78 is 9.83. The predicted octanol–water partition coefficient (Wildman–Crippen LogP) is 0.349. The summed E-state index contributed by atoms with van der Waals surface area (Å²) in [6.07, 6.45) is 0. The molecule has 1 aromatic carbocycles. The Bertz CT molecular complexity index is 453. The van der Waals surface area contributed by atoms with Crippen LogP contribution in [-0.4, -0.2) is 19.7 Å². The molecule has 0 atom stereocenters. The number of carboxylic acids is 1. The van der Waals surface area contributed by atoms with E-state index in [-0.39, 0.29) is 17.1 Å². The number of methoxy groups -OCH3 is 1. The highest BCUT2D eigenvalue weighted by Gasteiger charge is 2.12. The minimum atomic E-state index is -1.39. The minimum absolute atomic E-state index is 0.0404. The number of nitrogens with zero attached hydrogens (tertiary/aromatic N) is 1. The van der Waals surface area contributed by atoms with Crippen LogP contribution in [0.15, 0.2) is 12.1 Å². The quantitative estimate of drug-likeness (QED) is 0.758. The Morgan fingerprint density at radius 1 is 1.62 bits per heavy atom. The molecule has 0 radical (unpaired) electrons. The smallest absolute Gasteiger partial charge is 0.179 e. The van der Waals surface area contributed by atoms with E-state index in [4.69, 9.17) is 26.3 Å². The number of carbonyl (C=O) groups excluding carboxylic acids is 1. The third kappa shape index (κ3) is 2.78. The summed E-state index contributed by atoms with van der Waals surface area (Å²) in [5, 5.41) is 19.4. The average Bonchev–Trinajstić information content (AvgIpc) is 2.25. The number of aliphatic carboxylic acids is 1. The van der Waals surface area contributed by atoms with E-state index in [1.165, 1.54) is 19.2 Å². The molecule has 0 aliphatic rings. The maximum Gasteiger partial charge on any atom is 0.179 e. The molecule has 1 rings (SSSR count). The zero-order valence-electron chi connectivity index (χ0n) is 8.32. The van der Waals surface area contributed by atoms with Crippen LogP contribution in [0.4, 0.5) is 0 Å². The van der Waals surface area contributed by atoms with Gasteiger partial charge in [-0.2, -0.15) is 5.26 Å². The molecule has 0 unspecified atom stereocenters. The van der Waals surface area contributed by atoms with E-state index in [2.05, 4.69) is 0 Å². The van der Waals surface area contributed by atoms with Gasteiger partial charge in [-0.3, -0.25) is 0 Å². The monoisotopic (exact) mass is 240 g/mol. The molecule has 0 amide bonds. The molecule has 0 fully saturated rings. The zero-order valence-corrected chi connectivity index (χ0v) is 9.08. The fraction of sp³-hybridized carbons (Fsp3) is 0.200. The molecule has 0 aliphatic carbocycles. The topological polar surface area (TPSA) is 82.4 Å². The van der Waals surface area contributed by atoms with E-state index < -0.39 is 12.6 Å². The van der Waals surface area contributed by atoms with Crippen LogP contribution in [0.25, 0.3) is 0 Å². The highest BCUT2D eigenvalue weighted by molar-refractivity contribution is 6.30. The summed E-state index contributed by atoms with van der Waals surface area (Å²) in [6.45, 7) is -0.660. The first-order valence-corrected chi connectivity index (χ1v) is 4.56. The van der Waals surface area contributed by atoms with Gasteiger partial charge in [0.1, 0.15) is 12.7 Å². The van der Waals surface area contributed by atoms with Gasteiger partial charge in [-0.25, -0.2) is 0 Å². The lowest BCUT2D eigenvalue weighted by molar-refractivity contribution is -0.307. The van der Waals surface area contributed by atoms with E-state index >= 15 is 0 Å². The van der Waals surface area contributed by atoms with Crippen LogP contribution in [0.3, 0.4) is 0 Å². The van der Waals surface area contributed by atoms with Gasteiger partial charge < -0.3 is 19.4 Å². The molecule has 0 saturated heterocycles. The molecule has 0 bridgehead atoms. The van der Waals surface area contributed by atoms with Crippen molar-refractivity contribution in [1.82, 2.24) is 0 Å². The van der Waals surface area contributed by atoms with Crippen molar-refractivity contribution in [3.05, 3.63) is 22.7 Å². The van der Waals surface area contributed by atoms with Gasteiger partial charge in [0.05, 0.1) is 18.6 Å². The highest BCUT2D eigenvalue weighted by Crippen LogP contribution is 2.34. The molecular formula is C10H7ClNO4-. The van der Waals surface area contributed by atoms with Gasteiger partial charge in [0.25, 0.3) is 0 Å². The summed E-state index contributed by atoms with van der Waals surface area (Å²) in [7, 11) is 1.36. The molecule has 0 N–H and O–H groups in total. The number of ether oxygens (including phenoxy) is 2. The summed E-state index contributed by atoms with van der Waals surface area (Å²) in [5.74, 6) is -1.15. The van der Waals surface area contributed by atoms with Crippen molar-refractivity contribution < 1.29 is 19.4 Å². The summed E-state index contributed by atoms with van der Waals surface area (Å²) in [5.41, 5.74) is 0.102. The van der Waals surface area contributed by atoms with Crippen molar-refractivity contribution in [3.63, 3.8) is 0 Å². The molecule has 1 aromatic rings. The Balaban J connectivity index is 3.13. The van der Waals surface area contributed by atoms with E-state index in [1.807, 2.05) is 6.07 Å². The first kappa shape index (κ1) is 12.1. The van der Waals surface area contributed by atoms with Crippen LogP contribution in [0, 0.1) is 11.3 Å². The van der Waals surface area contributed by atoms with Crippen LogP contribution in [-0.2, 0) is 4.79 Å². The highest BCUT2D eigenvalue weighted by atomic mass is 35.5. The molecule has 0 saturated carbocycles. The normalized spacial score (nSPS) is 9.31. The lowest BCUT2D eigenvalue weighted by Gasteiger charge is -2.12. The molecule has 6 heteroatoms. The second-order valence-electron chi connectivity index (χ2n) is 2.76. The number of carbonyl (C=O) groups is 1. The Labute approximate surface area is 96.8 Å². The predicted molar refractivity (Wildman–Crippen MR) is 53.2 cm³/mol. The Morgan fingerprint density at radius 2 is 2.31 bits per heavy atom. The zero-order chi connectivity index (χ0) is 12.1. The van der Waals surface area contributed by atoms with Crippen LogP contribution in [0.1, 0.15) is 5.56 Å². The molecule has 5 nitrogen and oxygen atoms in total. The van der Waals surface area contributed by atoms with Crippen molar-refractivity contribution in [2.45, 2.75) is 0 Å². The molecule has 84 valence electrons. The summed E-state index contributed by atoms with van der Waals surface area (Å²) in [4.78, 5) is 10.3. The Morgan fingerprint density at radius 3 is 2.81 bits per heavy atom. The fourth-order valence-corrected chi connectivity index (χ4v) is 1.29. The van der Waals surface area contributed by atoms with Gasteiger partial charge in [-0.1, -0.05) is 11.6 Å². The van der Waals surface area contributed by atoms with Crippen molar-refractivity contribution >= 4 is 17.6 Å². The third-order valence-corrected chi connectivity index (χ3v) is 1.91. The maximum atomic E-state index is 10.3. The van der Waals surface area contributed by atoms with Gasteiger partial charge in [-0.05, 0) is 6.07 Å². The standard InChI is InChI=1S/C10H8ClNO4/c1-15-8-3-7(11)2-6(4-12)10(8)16-5-9(13)14/h2-3H,5H2,1H3,(H,13,14)/p-1. The van der Waals surface area contributed by atoms with E-state index in [9.17, 15) is 9.90 Å². The van der Waals surface area contributed by atoms with Gasteiger partial charge in [0, 0.05) is 11.1 Å². The SMILES string of the molecule is COc1cc(Cl)cc(C#N)c1OCC(=O)[O-]. The minimum Gasteiger partial charge on any atom is -0.546 e. The second-order valence-corrected chi connectivity index (χ2v) is 3.19. The number of nitriles is 1. The number of benzene rings is 1. The van der Waals surface area contributed by atoms with E-state index in [1.54, 1.807) is 0 Å². The lowest BCUT2D eigenvalue weighted by Crippen LogP contribution is -2.29. The average molecular weight is 241 g/mol. The van der Waals surface area contributed by atoms with Crippen molar-refractivity contribution in [3.8, 4) is 17.6 Å². The molecule has 16 heavy (non-hydrogen) atoms. The largest absolute Gasteiger partial charge is 0.546 e. The van der Waals surface area contributed by atoms with Crippen molar-refractivity contribution in [2.24, 2.45) is 0 Å². The van der Waals surface area contributed by atoms with E-state index in [0.29, 0.717) is 5.02 Å². The van der Waals surface area contributed by atoms with Gasteiger partial charge in [-0.15, -0.1) is 0 Å². The van der Waals surface area contributed by atoms with Crippen LogP contribution in [0.2, 0.25) is 5.02 Å². The van der Waals surface area contributed by atoms with Crippen molar-refractivity contribution in [1.29, 1.82) is 5.26 Å². The first-order chi connectivity index (χ1) is 7.58. The summed E-state index contributed by atoms with van der Waals surface area (Å²) in [6, 6.07) is 4.61. The maximum absolute atomic E-state index is 10.3. The van der Waals surface area contributed by atoms with Gasteiger partial charge >= 0.3 is 0 Å². The first-order valence-electron chi connectivity index (χ1n) is 4.18. The van der Waals surface area contributed by atoms with Crippen LogP contribution >= 0.6 is 11.6 Å². The molecule has 0 aromatic heterocycles. The second kappa shape index (κ2) is 5.24. The van der Waals surface area contributed by atoms with Crippen LogP contribution in [0.5, 0.6) is 11.5 Å².